The Balaban J connectivity index is 2.57. The Bertz CT molecular complexity index is 419. The summed E-state index contributed by atoms with van der Waals surface area (Å²) in [5.41, 5.74) is 2.81. The van der Waals surface area contributed by atoms with E-state index in [0.29, 0.717) is 6.42 Å². The molecule has 1 N–H and O–H groups in total. The van der Waals surface area contributed by atoms with Gasteiger partial charge in [0.15, 0.2) is 0 Å². The molecule has 1 aromatic heterocycles. The summed E-state index contributed by atoms with van der Waals surface area (Å²) in [6.07, 6.45) is 1.50. The van der Waals surface area contributed by atoms with Gasteiger partial charge in [0.05, 0.1) is 11.1 Å². The number of aromatic nitrogens is 2. The van der Waals surface area contributed by atoms with Crippen LogP contribution >= 0.6 is 0 Å². The predicted octanol–water partition coefficient (Wildman–Crippen LogP) is 2.70. The fourth-order valence-electron chi connectivity index (χ4n) is 1.78. The Morgan fingerprint density at radius 2 is 1.94 bits per heavy atom. The van der Waals surface area contributed by atoms with Gasteiger partial charge in [-0.25, -0.2) is 0 Å². The number of carbonyl (C=O) groups is 1. The van der Waals surface area contributed by atoms with E-state index in [-0.39, 0.29) is 0 Å². The van der Waals surface area contributed by atoms with E-state index < -0.39 is 11.4 Å². The molecule has 0 unspecified atom stereocenters. The molecule has 0 atom stereocenters. The highest BCUT2D eigenvalue weighted by atomic mass is 16.4. The van der Waals surface area contributed by atoms with E-state index in [1.165, 1.54) is 11.3 Å². The van der Waals surface area contributed by atoms with Crippen LogP contribution in [0, 0.1) is 26.2 Å². The summed E-state index contributed by atoms with van der Waals surface area (Å²) >= 11 is 0. The third-order valence-corrected chi connectivity index (χ3v) is 3.49. The maximum atomic E-state index is 11.0. The summed E-state index contributed by atoms with van der Waals surface area (Å²) in [4.78, 5) is 11.0. The standard InChI is InChI=1S/C13H22N2O2/c1-9-10(2)14-15(11(9)3)8-6-7-13(4,5)12(16)17/h6-8H2,1-5H3,(H,16,17). The summed E-state index contributed by atoms with van der Waals surface area (Å²) in [6, 6.07) is 0. The van der Waals surface area contributed by atoms with Crippen molar-refractivity contribution in [1.29, 1.82) is 0 Å². The molecule has 0 radical (unpaired) electrons. The number of aryl methyl sites for hydroxylation is 2. The number of hydrogen-bond acceptors (Lipinski definition) is 2. The zero-order chi connectivity index (χ0) is 13.2. The van der Waals surface area contributed by atoms with Gasteiger partial charge in [-0.15, -0.1) is 0 Å². The maximum Gasteiger partial charge on any atom is 0.309 e. The Labute approximate surface area is 103 Å². The number of aliphatic carboxylic acids is 1. The van der Waals surface area contributed by atoms with Crippen molar-refractivity contribution in [3.63, 3.8) is 0 Å². The second kappa shape index (κ2) is 4.90. The van der Waals surface area contributed by atoms with Crippen molar-refractivity contribution in [1.82, 2.24) is 9.78 Å². The quantitative estimate of drug-likeness (QED) is 0.858. The zero-order valence-corrected chi connectivity index (χ0v) is 11.4. The van der Waals surface area contributed by atoms with E-state index >= 15 is 0 Å². The van der Waals surface area contributed by atoms with Crippen LogP contribution in [0.4, 0.5) is 0 Å². The van der Waals surface area contributed by atoms with Crippen LogP contribution in [0.5, 0.6) is 0 Å². The lowest BCUT2D eigenvalue weighted by Crippen LogP contribution is -2.24. The van der Waals surface area contributed by atoms with Crippen molar-refractivity contribution in [2.45, 2.75) is 54.0 Å². The molecule has 0 aliphatic heterocycles. The van der Waals surface area contributed by atoms with Crippen LogP contribution in [0.15, 0.2) is 0 Å². The minimum Gasteiger partial charge on any atom is -0.481 e. The molecule has 0 aromatic carbocycles. The van der Waals surface area contributed by atoms with Gasteiger partial charge in [-0.1, -0.05) is 0 Å². The Hall–Kier alpha value is -1.32. The van der Waals surface area contributed by atoms with E-state index in [4.69, 9.17) is 5.11 Å². The highest BCUT2D eigenvalue weighted by molar-refractivity contribution is 5.73. The van der Waals surface area contributed by atoms with Crippen LogP contribution in [-0.2, 0) is 11.3 Å². The fourth-order valence-corrected chi connectivity index (χ4v) is 1.78. The van der Waals surface area contributed by atoms with Gasteiger partial charge in [-0.2, -0.15) is 5.10 Å². The number of hydrogen-bond donors (Lipinski definition) is 1. The highest BCUT2D eigenvalue weighted by Gasteiger charge is 2.26. The van der Waals surface area contributed by atoms with Crippen LogP contribution in [0.25, 0.3) is 0 Å². The van der Waals surface area contributed by atoms with Gasteiger partial charge in [-0.05, 0) is 53.0 Å². The molecule has 0 bridgehead atoms. The number of carboxylic acids is 1. The smallest absolute Gasteiger partial charge is 0.309 e. The second-order valence-corrected chi connectivity index (χ2v) is 5.31. The van der Waals surface area contributed by atoms with Crippen LogP contribution < -0.4 is 0 Å². The van der Waals surface area contributed by atoms with Crippen LogP contribution in [0.3, 0.4) is 0 Å². The molecule has 4 heteroatoms. The average Bonchev–Trinajstić information content (AvgIpc) is 2.46. The molecule has 0 saturated carbocycles. The lowest BCUT2D eigenvalue weighted by molar-refractivity contribution is -0.147. The van der Waals surface area contributed by atoms with Crippen molar-refractivity contribution in [2.24, 2.45) is 5.41 Å². The Morgan fingerprint density at radius 3 is 2.35 bits per heavy atom. The molecular formula is C13H22N2O2. The third-order valence-electron chi connectivity index (χ3n) is 3.49. The van der Waals surface area contributed by atoms with Gasteiger partial charge in [0.1, 0.15) is 0 Å². The lowest BCUT2D eigenvalue weighted by atomic mass is 9.88. The van der Waals surface area contributed by atoms with Crippen molar-refractivity contribution in [2.75, 3.05) is 0 Å². The van der Waals surface area contributed by atoms with Crippen molar-refractivity contribution < 1.29 is 9.90 Å². The van der Waals surface area contributed by atoms with Gasteiger partial charge in [0.2, 0.25) is 0 Å². The van der Waals surface area contributed by atoms with Gasteiger partial charge in [0, 0.05) is 12.2 Å². The molecule has 0 aliphatic carbocycles. The molecule has 1 rings (SSSR count). The molecule has 96 valence electrons. The number of carboxylic acid groups (broad SMARTS) is 1. The molecule has 0 aliphatic rings. The average molecular weight is 238 g/mol. The predicted molar refractivity (Wildman–Crippen MR) is 67.1 cm³/mol. The van der Waals surface area contributed by atoms with E-state index in [2.05, 4.69) is 18.9 Å². The normalized spacial score (nSPS) is 11.8. The van der Waals surface area contributed by atoms with E-state index in [0.717, 1.165) is 18.7 Å². The maximum absolute atomic E-state index is 11.0. The lowest BCUT2D eigenvalue weighted by Gasteiger charge is -2.18. The minimum atomic E-state index is -0.734. The molecule has 17 heavy (non-hydrogen) atoms. The Kier molecular flexibility index (Phi) is 3.96. The van der Waals surface area contributed by atoms with Gasteiger partial charge in [0.25, 0.3) is 0 Å². The first-order valence-corrected chi connectivity index (χ1v) is 5.99. The third kappa shape index (κ3) is 3.08. The van der Waals surface area contributed by atoms with E-state index in [1.807, 2.05) is 11.6 Å². The number of nitrogens with zero attached hydrogens (tertiary/aromatic N) is 2. The summed E-state index contributed by atoms with van der Waals surface area (Å²) in [5, 5.41) is 13.5. The van der Waals surface area contributed by atoms with Crippen LogP contribution in [-0.4, -0.2) is 20.9 Å². The van der Waals surface area contributed by atoms with Gasteiger partial charge >= 0.3 is 5.97 Å². The van der Waals surface area contributed by atoms with Gasteiger partial charge < -0.3 is 5.11 Å². The van der Waals surface area contributed by atoms with E-state index in [1.54, 1.807) is 13.8 Å². The first-order valence-electron chi connectivity index (χ1n) is 5.99. The summed E-state index contributed by atoms with van der Waals surface area (Å²) in [6.45, 7) is 10.4. The fraction of sp³-hybridized carbons (Fsp3) is 0.692. The monoisotopic (exact) mass is 238 g/mol. The molecule has 0 fully saturated rings. The number of rotatable bonds is 5. The Morgan fingerprint density at radius 1 is 1.35 bits per heavy atom. The molecule has 1 heterocycles. The first kappa shape index (κ1) is 13.7. The molecule has 0 amide bonds. The SMILES string of the molecule is Cc1nn(CCCC(C)(C)C(=O)O)c(C)c1C. The first-order chi connectivity index (χ1) is 7.75. The topological polar surface area (TPSA) is 55.1 Å². The zero-order valence-electron chi connectivity index (χ0n) is 11.4. The summed E-state index contributed by atoms with van der Waals surface area (Å²) in [5.74, 6) is -0.734. The van der Waals surface area contributed by atoms with E-state index in [9.17, 15) is 4.79 Å². The molecule has 4 nitrogen and oxygen atoms in total. The summed E-state index contributed by atoms with van der Waals surface area (Å²) in [7, 11) is 0. The largest absolute Gasteiger partial charge is 0.481 e. The molecule has 1 aromatic rings. The highest BCUT2D eigenvalue weighted by Crippen LogP contribution is 2.23. The minimum absolute atomic E-state index is 0.648. The van der Waals surface area contributed by atoms with Crippen molar-refractivity contribution in [3.05, 3.63) is 17.0 Å². The van der Waals surface area contributed by atoms with Gasteiger partial charge in [-0.3, -0.25) is 9.48 Å². The van der Waals surface area contributed by atoms with Crippen LogP contribution in [0.1, 0.15) is 43.6 Å². The molecule has 0 saturated heterocycles. The van der Waals surface area contributed by atoms with Crippen molar-refractivity contribution >= 4 is 5.97 Å². The summed E-state index contributed by atoms with van der Waals surface area (Å²) < 4.78 is 1.97. The molecule has 0 spiro atoms. The van der Waals surface area contributed by atoms with Crippen LogP contribution in [0.2, 0.25) is 0 Å². The van der Waals surface area contributed by atoms with Crippen molar-refractivity contribution in [3.8, 4) is 0 Å². The molecular weight excluding hydrogens is 216 g/mol. The second-order valence-electron chi connectivity index (χ2n) is 5.31.